The number of unbranched alkanes of at least 4 members (excludes halogenated alkanes) is 3. The number of fused-ring (bicyclic) bond motifs is 1. The summed E-state index contributed by atoms with van der Waals surface area (Å²) < 4.78 is 35.3. The molecule has 0 aromatic carbocycles. The van der Waals surface area contributed by atoms with Gasteiger partial charge in [-0.05, 0) is 0 Å². The van der Waals surface area contributed by atoms with Crippen LogP contribution in [-0.2, 0) is 23.7 Å². The molecule has 0 aliphatic carbocycles. The second-order valence-corrected chi connectivity index (χ2v) is 23.2. The van der Waals surface area contributed by atoms with Crippen LogP contribution < -0.4 is 0 Å². The van der Waals surface area contributed by atoms with E-state index in [1.54, 1.807) is 7.11 Å². The first-order chi connectivity index (χ1) is 14.4. The van der Waals surface area contributed by atoms with Gasteiger partial charge in [0.05, 0.1) is 0 Å². The van der Waals surface area contributed by atoms with Crippen LogP contribution in [0.15, 0.2) is 12.2 Å². The molecule has 2 rings (SSSR count). The van der Waals surface area contributed by atoms with Crippen LogP contribution in [-0.4, -0.2) is 67.1 Å². The molecule has 0 saturated carbocycles. The predicted octanol–water partition coefficient (Wildman–Crippen LogP) is 5.84. The Morgan fingerprint density at radius 1 is 0.900 bits per heavy atom. The number of hydrogen-bond donors (Lipinski definition) is 0. The van der Waals surface area contributed by atoms with E-state index in [9.17, 15) is 0 Å². The summed E-state index contributed by atoms with van der Waals surface area (Å²) in [6, 6.07) is 0. The van der Waals surface area contributed by atoms with E-state index in [0.29, 0.717) is 6.61 Å². The number of methoxy groups -OCH3 is 1. The summed E-state index contributed by atoms with van der Waals surface area (Å²) in [5.74, 6) is -0.593. The van der Waals surface area contributed by atoms with Gasteiger partial charge >= 0.3 is 189 Å². The van der Waals surface area contributed by atoms with E-state index in [1.807, 2.05) is 13.8 Å². The maximum atomic E-state index is 6.30. The molecule has 0 N–H and O–H groups in total. The van der Waals surface area contributed by atoms with Crippen molar-refractivity contribution in [3.8, 4) is 0 Å². The van der Waals surface area contributed by atoms with Crippen molar-refractivity contribution in [2.45, 2.75) is 117 Å². The van der Waals surface area contributed by atoms with E-state index < -0.39 is 24.2 Å². The molecule has 2 heterocycles. The van der Waals surface area contributed by atoms with E-state index in [1.165, 1.54) is 51.8 Å². The Bertz CT molecular complexity index is 488. The second-order valence-electron chi connectivity index (χ2n) is 9.52. The fraction of sp³-hybridized carbons (Fsp3) is 0.917. The quantitative estimate of drug-likeness (QED) is 0.151. The van der Waals surface area contributed by atoms with Crippen molar-refractivity contribution in [3.05, 3.63) is 12.2 Å². The molecular weight excluding hydrogens is 487 g/mol. The van der Waals surface area contributed by atoms with Crippen molar-refractivity contribution in [2.24, 2.45) is 0 Å². The Kier molecular flexibility index (Phi) is 11.6. The zero-order valence-electron chi connectivity index (χ0n) is 20.3. The molecule has 0 bridgehead atoms. The molecule has 2 fully saturated rings. The van der Waals surface area contributed by atoms with Crippen molar-refractivity contribution in [3.63, 3.8) is 0 Å². The van der Waals surface area contributed by atoms with Crippen LogP contribution in [0, 0.1) is 0 Å². The Labute approximate surface area is 189 Å². The molecule has 0 amide bonds. The van der Waals surface area contributed by atoms with Gasteiger partial charge in [-0.15, -0.1) is 0 Å². The van der Waals surface area contributed by atoms with Crippen molar-refractivity contribution >= 4 is 18.4 Å². The van der Waals surface area contributed by atoms with E-state index in [0.717, 1.165) is 4.62 Å². The van der Waals surface area contributed by atoms with Gasteiger partial charge in [-0.2, -0.15) is 0 Å². The molecule has 4 atom stereocenters. The van der Waals surface area contributed by atoms with Crippen LogP contribution >= 0.6 is 0 Å². The molecule has 2 aliphatic heterocycles. The predicted molar refractivity (Wildman–Crippen MR) is 124 cm³/mol. The van der Waals surface area contributed by atoms with Crippen LogP contribution in [0.5, 0.6) is 0 Å². The second kappa shape index (κ2) is 13.1. The molecule has 176 valence electrons. The minimum atomic E-state index is -2.21. The van der Waals surface area contributed by atoms with Crippen LogP contribution in [0.3, 0.4) is 0 Å². The molecule has 6 heteroatoms. The number of rotatable bonds is 15. The van der Waals surface area contributed by atoms with E-state index >= 15 is 0 Å². The minimum absolute atomic E-state index is 0.127. The van der Waals surface area contributed by atoms with Gasteiger partial charge in [0.1, 0.15) is 0 Å². The summed E-state index contributed by atoms with van der Waals surface area (Å²) in [4.78, 5) is 0. The van der Waals surface area contributed by atoms with Crippen LogP contribution in [0.4, 0.5) is 0 Å². The molecule has 0 aromatic rings. The first-order valence-electron chi connectivity index (χ1n) is 12.2. The Morgan fingerprint density at radius 3 is 2.00 bits per heavy atom. The molecule has 30 heavy (non-hydrogen) atoms. The summed E-state index contributed by atoms with van der Waals surface area (Å²) in [6.45, 7) is 11.5. The third-order valence-electron chi connectivity index (χ3n) is 6.41. The van der Waals surface area contributed by atoms with Gasteiger partial charge in [0, 0.05) is 0 Å². The molecule has 2 aliphatic rings. The summed E-state index contributed by atoms with van der Waals surface area (Å²) in [5.41, 5.74) is 0. The Morgan fingerprint density at radius 2 is 1.47 bits per heavy atom. The summed E-state index contributed by atoms with van der Waals surface area (Å²) in [6.07, 6.45) is 11.4. The molecule has 2 saturated heterocycles. The Hall–Kier alpha value is 0.339. The molecule has 0 aromatic heterocycles. The molecule has 5 nitrogen and oxygen atoms in total. The summed E-state index contributed by atoms with van der Waals surface area (Å²) in [5, 5.41) is 0. The summed E-state index contributed by atoms with van der Waals surface area (Å²) in [7, 11) is 1.65. The fourth-order valence-corrected chi connectivity index (χ4v) is 19.1. The third-order valence-corrected chi connectivity index (χ3v) is 20.8. The van der Waals surface area contributed by atoms with Gasteiger partial charge in [0.2, 0.25) is 0 Å². The normalized spacial score (nSPS) is 28.5. The van der Waals surface area contributed by atoms with Gasteiger partial charge in [0.25, 0.3) is 0 Å². The molecular formula is C24H46O5Sn. The first kappa shape index (κ1) is 26.6. The topological polar surface area (TPSA) is 46.2 Å². The first-order valence-corrected chi connectivity index (χ1v) is 20.3. The van der Waals surface area contributed by atoms with Gasteiger partial charge in [-0.25, -0.2) is 0 Å². The van der Waals surface area contributed by atoms with Crippen LogP contribution in [0.2, 0.25) is 13.3 Å². The van der Waals surface area contributed by atoms with Gasteiger partial charge < -0.3 is 0 Å². The fourth-order valence-electron chi connectivity index (χ4n) is 4.72. The van der Waals surface area contributed by atoms with Crippen LogP contribution in [0.1, 0.15) is 73.1 Å². The van der Waals surface area contributed by atoms with Crippen molar-refractivity contribution in [1.29, 1.82) is 0 Å². The van der Waals surface area contributed by atoms with Gasteiger partial charge in [-0.1, -0.05) is 0 Å². The molecule has 0 unspecified atom stereocenters. The van der Waals surface area contributed by atoms with Gasteiger partial charge in [-0.3, -0.25) is 0 Å². The van der Waals surface area contributed by atoms with Crippen molar-refractivity contribution in [2.75, 3.05) is 18.3 Å². The Balaban J connectivity index is 1.88. The van der Waals surface area contributed by atoms with E-state index in [4.69, 9.17) is 23.7 Å². The van der Waals surface area contributed by atoms with Crippen molar-refractivity contribution in [1.82, 2.24) is 0 Å². The molecule has 0 radical (unpaired) electrons. The standard InChI is InChI=1S/C12H19O5.3C4H9.Sn/c1-12(2)16-9-8(6-5-7-13-3)15-11(14-4)10(9)17-12;3*1-3-4-2;/h5-6,8-11H,3,7H2,1-2,4H3;3*1,3-4H2,2H3;/b6-5-;;;;/t8-,9-,10-,11-;;;;/m1..../s1. The van der Waals surface area contributed by atoms with E-state index in [2.05, 4.69) is 32.9 Å². The average molecular weight is 533 g/mol. The molecule has 0 spiro atoms. The average Bonchev–Trinajstić information content (AvgIpc) is 3.21. The SMILES string of the molecule is CCC[CH2][Sn]([CH2]CCC)([CH2]CCC)[CH2]OC/C=C\[C@H]1O[C@@H](OC)[C@@H]2OC(C)(C)O[C@@H]21. The monoisotopic (exact) mass is 534 g/mol. The number of ether oxygens (including phenoxy) is 5. The maximum absolute atomic E-state index is 6.30. The zero-order valence-corrected chi connectivity index (χ0v) is 23.1. The third kappa shape index (κ3) is 7.73. The number of hydrogen-bond acceptors (Lipinski definition) is 5. The summed E-state index contributed by atoms with van der Waals surface area (Å²) >= 11 is -2.21. The van der Waals surface area contributed by atoms with Crippen LogP contribution in [0.25, 0.3) is 0 Å². The van der Waals surface area contributed by atoms with E-state index in [-0.39, 0.29) is 24.6 Å². The zero-order chi connectivity index (χ0) is 22.0. The van der Waals surface area contributed by atoms with Gasteiger partial charge in [0.15, 0.2) is 0 Å². The van der Waals surface area contributed by atoms with Crippen molar-refractivity contribution < 1.29 is 23.7 Å².